The Morgan fingerprint density at radius 2 is 1.79 bits per heavy atom. The fourth-order valence-corrected chi connectivity index (χ4v) is 5.25. The third-order valence-corrected chi connectivity index (χ3v) is 7.30. The molecule has 3 aromatic carbocycles. The van der Waals surface area contributed by atoms with Crippen molar-refractivity contribution in [2.24, 2.45) is 0 Å². The molecule has 0 saturated carbocycles. The number of aromatic nitrogens is 1. The largest absolute Gasteiger partial charge is 0.343 e. The van der Waals surface area contributed by atoms with Gasteiger partial charge in [-0.2, -0.15) is 0 Å². The smallest absolute Gasteiger partial charge is 0.243 e. The van der Waals surface area contributed by atoms with Crippen LogP contribution < -0.4 is 5.32 Å². The lowest BCUT2D eigenvalue weighted by molar-refractivity contribution is -0.138. The normalized spacial score (nSPS) is 17.9. The van der Waals surface area contributed by atoms with Gasteiger partial charge in [0.2, 0.25) is 11.8 Å². The highest BCUT2D eigenvalue weighted by Crippen LogP contribution is 2.29. The maximum absolute atomic E-state index is 14.9. The van der Waals surface area contributed by atoms with E-state index in [1.165, 1.54) is 11.0 Å². The molecule has 2 amide bonds. The van der Waals surface area contributed by atoms with Gasteiger partial charge in [-0.25, -0.2) is 8.78 Å². The number of nitrogens with zero attached hydrogens (tertiary/aromatic N) is 2. The third kappa shape index (κ3) is 5.82. The summed E-state index contributed by atoms with van der Waals surface area (Å²) in [6, 6.07) is 21.9. The highest BCUT2D eigenvalue weighted by atomic mass is 19.1. The van der Waals surface area contributed by atoms with Crippen LogP contribution in [0.3, 0.4) is 0 Å². The maximum atomic E-state index is 14.9. The lowest BCUT2D eigenvalue weighted by Gasteiger charge is -2.27. The van der Waals surface area contributed by atoms with Gasteiger partial charge in [0, 0.05) is 18.0 Å². The average Bonchev–Trinajstić information content (AvgIpc) is 3.33. The van der Waals surface area contributed by atoms with Gasteiger partial charge in [0.15, 0.2) is 0 Å². The number of alkyl halides is 1. The quantitative estimate of drug-likeness (QED) is 0.326. The van der Waals surface area contributed by atoms with E-state index in [0.29, 0.717) is 11.1 Å². The van der Waals surface area contributed by atoms with Crippen LogP contribution in [0, 0.1) is 5.82 Å². The standard InChI is InChI=1S/C32H31F2N3O2/c1-20(2)26-12-11-24(17-27(26)34)31(22-7-4-3-5-8-22)36-32(39)29-18-25(33)19-37(29)30(38)16-21-10-13-28-23(15-21)9-6-14-35-28/h3-15,17,20,25,29,31H,16,18-19H2,1-2H3,(H,36,39)/t25-,29+,31+/m1/s1. The molecule has 1 saturated heterocycles. The second kappa shape index (κ2) is 11.3. The van der Waals surface area contributed by atoms with E-state index in [0.717, 1.165) is 22.0 Å². The summed E-state index contributed by atoms with van der Waals surface area (Å²) in [5.74, 6) is -1.11. The van der Waals surface area contributed by atoms with Crippen molar-refractivity contribution in [3.8, 4) is 0 Å². The van der Waals surface area contributed by atoms with Crippen molar-refractivity contribution in [2.45, 2.75) is 50.9 Å². The Kier molecular flexibility index (Phi) is 7.68. The first-order valence-electron chi connectivity index (χ1n) is 13.2. The lowest BCUT2D eigenvalue weighted by Crippen LogP contribution is -2.47. The van der Waals surface area contributed by atoms with Crippen LogP contribution in [0.25, 0.3) is 10.9 Å². The molecular formula is C32H31F2N3O2. The Hall–Kier alpha value is -4.13. The lowest BCUT2D eigenvalue weighted by atomic mass is 9.94. The Morgan fingerprint density at radius 1 is 1.00 bits per heavy atom. The van der Waals surface area contributed by atoms with Crippen LogP contribution in [0.15, 0.2) is 85.1 Å². The van der Waals surface area contributed by atoms with Crippen molar-refractivity contribution < 1.29 is 18.4 Å². The Morgan fingerprint density at radius 3 is 2.54 bits per heavy atom. The predicted molar refractivity (Wildman–Crippen MR) is 147 cm³/mol. The number of amides is 2. The molecule has 1 aliphatic rings. The van der Waals surface area contributed by atoms with Crippen LogP contribution in [0.1, 0.15) is 54.5 Å². The molecule has 0 spiro atoms. The number of hydrogen-bond donors (Lipinski definition) is 1. The SMILES string of the molecule is CC(C)c1ccc([C@@H](NC(=O)[C@@H]2C[C@@H](F)CN2C(=O)Cc2ccc3ncccc3c2)c2ccccc2)cc1F. The molecule has 1 aliphatic heterocycles. The average molecular weight is 528 g/mol. The van der Waals surface area contributed by atoms with E-state index in [1.54, 1.807) is 18.3 Å². The van der Waals surface area contributed by atoms with Crippen LogP contribution in [-0.4, -0.2) is 40.5 Å². The van der Waals surface area contributed by atoms with E-state index in [9.17, 15) is 18.4 Å². The predicted octanol–water partition coefficient (Wildman–Crippen LogP) is 5.88. The number of carbonyl (C=O) groups excluding carboxylic acids is 2. The summed E-state index contributed by atoms with van der Waals surface area (Å²) in [5, 5.41) is 3.89. The zero-order chi connectivity index (χ0) is 27.5. The van der Waals surface area contributed by atoms with Gasteiger partial charge in [-0.15, -0.1) is 0 Å². The van der Waals surface area contributed by atoms with Crippen LogP contribution in [0.4, 0.5) is 8.78 Å². The number of halogens is 2. The first-order chi connectivity index (χ1) is 18.8. The number of fused-ring (bicyclic) bond motifs is 1. The summed E-state index contributed by atoms with van der Waals surface area (Å²) in [6.45, 7) is 3.70. The number of rotatable bonds is 7. The van der Waals surface area contributed by atoms with Gasteiger partial charge >= 0.3 is 0 Å². The summed E-state index contributed by atoms with van der Waals surface area (Å²) in [7, 11) is 0. The molecule has 0 bridgehead atoms. The number of carbonyl (C=O) groups is 2. The monoisotopic (exact) mass is 527 g/mol. The van der Waals surface area contributed by atoms with Crippen LogP contribution in [0.5, 0.6) is 0 Å². The Labute approximate surface area is 226 Å². The molecule has 5 rings (SSSR count). The summed E-state index contributed by atoms with van der Waals surface area (Å²) in [4.78, 5) is 32.5. The van der Waals surface area contributed by atoms with Crippen molar-refractivity contribution in [2.75, 3.05) is 6.54 Å². The second-order valence-electron chi connectivity index (χ2n) is 10.4. The van der Waals surface area contributed by atoms with Gasteiger partial charge in [0.25, 0.3) is 0 Å². The molecule has 0 aliphatic carbocycles. The third-order valence-electron chi connectivity index (χ3n) is 7.30. The van der Waals surface area contributed by atoms with E-state index in [1.807, 2.05) is 74.5 Å². The molecule has 7 heteroatoms. The van der Waals surface area contributed by atoms with Crippen molar-refractivity contribution in [1.29, 1.82) is 0 Å². The number of nitrogens with one attached hydrogen (secondary N) is 1. The van der Waals surface area contributed by atoms with Crippen LogP contribution in [-0.2, 0) is 16.0 Å². The van der Waals surface area contributed by atoms with E-state index in [-0.39, 0.29) is 37.0 Å². The number of hydrogen-bond acceptors (Lipinski definition) is 3. The molecule has 2 heterocycles. The zero-order valence-electron chi connectivity index (χ0n) is 22.0. The first-order valence-corrected chi connectivity index (χ1v) is 13.2. The molecule has 200 valence electrons. The van der Waals surface area contributed by atoms with Gasteiger partial charge < -0.3 is 10.2 Å². The van der Waals surface area contributed by atoms with Gasteiger partial charge in [0.1, 0.15) is 18.0 Å². The van der Waals surface area contributed by atoms with Gasteiger partial charge in [-0.05, 0) is 52.4 Å². The number of likely N-dealkylation sites (tertiary alicyclic amines) is 1. The molecule has 1 fully saturated rings. The second-order valence-corrected chi connectivity index (χ2v) is 10.4. The van der Waals surface area contributed by atoms with Crippen molar-refractivity contribution >= 4 is 22.7 Å². The Balaban J connectivity index is 1.38. The van der Waals surface area contributed by atoms with E-state index in [2.05, 4.69) is 10.3 Å². The summed E-state index contributed by atoms with van der Waals surface area (Å²) >= 11 is 0. The molecule has 1 N–H and O–H groups in total. The fourth-order valence-electron chi connectivity index (χ4n) is 5.25. The van der Waals surface area contributed by atoms with Gasteiger partial charge in [-0.3, -0.25) is 14.6 Å². The summed E-state index contributed by atoms with van der Waals surface area (Å²) in [5.41, 5.74) is 3.52. The minimum atomic E-state index is -1.30. The molecule has 4 aromatic rings. The minimum absolute atomic E-state index is 0.0160. The summed E-state index contributed by atoms with van der Waals surface area (Å²) in [6.07, 6.45) is 0.369. The number of pyridine rings is 1. The molecule has 0 radical (unpaired) electrons. The summed E-state index contributed by atoms with van der Waals surface area (Å²) < 4.78 is 29.5. The highest BCUT2D eigenvalue weighted by Gasteiger charge is 2.40. The minimum Gasteiger partial charge on any atom is -0.343 e. The van der Waals surface area contributed by atoms with Crippen LogP contribution in [0.2, 0.25) is 0 Å². The van der Waals surface area contributed by atoms with Crippen LogP contribution >= 0.6 is 0 Å². The van der Waals surface area contributed by atoms with Crippen molar-refractivity contribution in [3.63, 3.8) is 0 Å². The highest BCUT2D eigenvalue weighted by molar-refractivity contribution is 5.90. The van der Waals surface area contributed by atoms with E-state index >= 15 is 0 Å². The Bertz CT molecular complexity index is 1490. The molecule has 5 nitrogen and oxygen atoms in total. The maximum Gasteiger partial charge on any atom is 0.243 e. The zero-order valence-corrected chi connectivity index (χ0v) is 22.0. The van der Waals surface area contributed by atoms with Crippen molar-refractivity contribution in [1.82, 2.24) is 15.2 Å². The van der Waals surface area contributed by atoms with Gasteiger partial charge in [0.05, 0.1) is 24.5 Å². The fraction of sp³-hybridized carbons (Fsp3) is 0.281. The first kappa shape index (κ1) is 26.5. The van der Waals surface area contributed by atoms with E-state index in [4.69, 9.17) is 0 Å². The molecule has 1 aromatic heterocycles. The topological polar surface area (TPSA) is 62.3 Å². The van der Waals surface area contributed by atoms with Gasteiger partial charge in [-0.1, -0.05) is 68.4 Å². The molecule has 0 unspecified atom stereocenters. The van der Waals surface area contributed by atoms with Crippen molar-refractivity contribution in [3.05, 3.63) is 113 Å². The molecule has 39 heavy (non-hydrogen) atoms. The van der Waals surface area contributed by atoms with E-state index < -0.39 is 24.2 Å². The molecule has 3 atom stereocenters. The molecular weight excluding hydrogens is 496 g/mol. The number of benzene rings is 3.